The smallest absolute Gasteiger partial charge is 0.382 e. The van der Waals surface area contributed by atoms with Crippen LogP contribution >= 0.6 is 0 Å². The fourth-order valence-corrected chi connectivity index (χ4v) is 1.98. The van der Waals surface area contributed by atoms with Crippen molar-refractivity contribution in [1.82, 2.24) is 10.2 Å². The molecule has 0 aliphatic heterocycles. The largest absolute Gasteiger partial charge is 0.415 e. The lowest BCUT2D eigenvalue weighted by Crippen LogP contribution is -2.39. The van der Waals surface area contributed by atoms with Gasteiger partial charge in [-0.15, -0.1) is 0 Å². The summed E-state index contributed by atoms with van der Waals surface area (Å²) in [6.07, 6.45) is -7.02. The number of nitrogens with one attached hydrogen (secondary N) is 1. The molecule has 2 N–H and O–H groups in total. The molecule has 0 bridgehead atoms. The number of aliphatic hydroxyl groups is 1. The van der Waals surface area contributed by atoms with Gasteiger partial charge in [0.2, 0.25) is 0 Å². The maximum absolute atomic E-state index is 12.3. The standard InChI is InChI=1S/C16H23F3N2O2/c1-11(2)8-20-15(23)13-6-4-5-12(7-13)9-21(3)10-14(22)16(17,18)19/h4-7,11,14,22H,8-10H2,1-3H3,(H,20,23). The fourth-order valence-electron chi connectivity index (χ4n) is 1.98. The Morgan fingerprint density at radius 3 is 2.57 bits per heavy atom. The first-order chi connectivity index (χ1) is 10.6. The lowest BCUT2D eigenvalue weighted by molar-refractivity contribution is -0.207. The van der Waals surface area contributed by atoms with Crippen LogP contribution in [-0.2, 0) is 6.54 Å². The van der Waals surface area contributed by atoms with E-state index in [1.807, 2.05) is 13.8 Å². The summed E-state index contributed by atoms with van der Waals surface area (Å²) < 4.78 is 37.0. The van der Waals surface area contributed by atoms with Crippen LogP contribution in [0.5, 0.6) is 0 Å². The molecule has 1 amide bonds. The molecule has 0 fully saturated rings. The van der Waals surface area contributed by atoms with Crippen LogP contribution in [0.25, 0.3) is 0 Å². The van der Waals surface area contributed by atoms with Crippen molar-refractivity contribution in [3.8, 4) is 0 Å². The van der Waals surface area contributed by atoms with Gasteiger partial charge in [0.25, 0.3) is 5.91 Å². The Kier molecular flexibility index (Phi) is 7.02. The average Bonchev–Trinajstić information content (AvgIpc) is 2.43. The van der Waals surface area contributed by atoms with Gasteiger partial charge in [-0.2, -0.15) is 13.2 Å². The second-order valence-corrected chi connectivity index (χ2v) is 6.06. The molecule has 0 aliphatic rings. The van der Waals surface area contributed by atoms with Gasteiger partial charge in [-0.3, -0.25) is 9.69 Å². The molecule has 0 saturated carbocycles. The van der Waals surface area contributed by atoms with Crippen molar-refractivity contribution in [2.24, 2.45) is 5.92 Å². The van der Waals surface area contributed by atoms with Gasteiger partial charge in [-0.05, 0) is 30.7 Å². The van der Waals surface area contributed by atoms with E-state index in [1.54, 1.807) is 24.3 Å². The van der Waals surface area contributed by atoms with Crippen LogP contribution in [0.3, 0.4) is 0 Å². The van der Waals surface area contributed by atoms with E-state index in [9.17, 15) is 18.0 Å². The monoisotopic (exact) mass is 332 g/mol. The van der Waals surface area contributed by atoms with Crippen molar-refractivity contribution in [3.63, 3.8) is 0 Å². The Morgan fingerprint density at radius 1 is 1.35 bits per heavy atom. The van der Waals surface area contributed by atoms with E-state index in [4.69, 9.17) is 5.11 Å². The van der Waals surface area contributed by atoms with E-state index in [-0.39, 0.29) is 12.5 Å². The molecule has 1 unspecified atom stereocenters. The lowest BCUT2D eigenvalue weighted by atomic mass is 10.1. The minimum Gasteiger partial charge on any atom is -0.382 e. The predicted octanol–water partition coefficient (Wildman–Crippen LogP) is 2.43. The molecule has 23 heavy (non-hydrogen) atoms. The number of carbonyl (C=O) groups is 1. The van der Waals surface area contributed by atoms with Gasteiger partial charge in [0.05, 0.1) is 0 Å². The first-order valence-corrected chi connectivity index (χ1v) is 7.40. The van der Waals surface area contributed by atoms with Crippen molar-refractivity contribution in [3.05, 3.63) is 35.4 Å². The molecule has 1 aromatic carbocycles. The summed E-state index contributed by atoms with van der Waals surface area (Å²) >= 11 is 0. The van der Waals surface area contributed by atoms with Crippen molar-refractivity contribution < 1.29 is 23.1 Å². The molecule has 1 atom stereocenters. The van der Waals surface area contributed by atoms with Crippen LogP contribution in [0.4, 0.5) is 13.2 Å². The van der Waals surface area contributed by atoms with E-state index < -0.39 is 18.8 Å². The summed E-state index contributed by atoms with van der Waals surface area (Å²) in [7, 11) is 1.49. The summed E-state index contributed by atoms with van der Waals surface area (Å²) in [5.74, 6) is 0.121. The van der Waals surface area contributed by atoms with Crippen LogP contribution in [0, 0.1) is 5.92 Å². The van der Waals surface area contributed by atoms with Crippen molar-refractivity contribution in [2.45, 2.75) is 32.7 Å². The summed E-state index contributed by atoms with van der Waals surface area (Å²) in [5.41, 5.74) is 1.17. The number of rotatable bonds is 7. The normalized spacial score (nSPS) is 13.4. The van der Waals surface area contributed by atoms with Crippen LogP contribution in [0.2, 0.25) is 0 Å². The van der Waals surface area contributed by atoms with E-state index >= 15 is 0 Å². The third-order valence-electron chi connectivity index (χ3n) is 3.17. The molecule has 0 aromatic heterocycles. The van der Waals surface area contributed by atoms with E-state index in [0.29, 0.717) is 23.6 Å². The highest BCUT2D eigenvalue weighted by Gasteiger charge is 2.38. The molecule has 4 nitrogen and oxygen atoms in total. The zero-order valence-electron chi connectivity index (χ0n) is 13.5. The highest BCUT2D eigenvalue weighted by Crippen LogP contribution is 2.21. The van der Waals surface area contributed by atoms with E-state index in [0.717, 1.165) is 0 Å². The Balaban J connectivity index is 2.64. The summed E-state index contributed by atoms with van der Waals surface area (Å²) in [6, 6.07) is 6.72. The Bertz CT molecular complexity index is 518. The summed E-state index contributed by atoms with van der Waals surface area (Å²) in [4.78, 5) is 13.3. The van der Waals surface area contributed by atoms with E-state index in [1.165, 1.54) is 11.9 Å². The maximum atomic E-state index is 12.3. The van der Waals surface area contributed by atoms with Crippen LogP contribution in [0.15, 0.2) is 24.3 Å². The molecule has 130 valence electrons. The number of hydrogen-bond donors (Lipinski definition) is 2. The van der Waals surface area contributed by atoms with Gasteiger partial charge in [0, 0.05) is 25.2 Å². The number of halogens is 3. The zero-order valence-corrected chi connectivity index (χ0v) is 13.5. The average molecular weight is 332 g/mol. The second kappa shape index (κ2) is 8.31. The molecule has 0 saturated heterocycles. The van der Waals surface area contributed by atoms with Gasteiger partial charge in [-0.1, -0.05) is 26.0 Å². The summed E-state index contributed by atoms with van der Waals surface area (Å²) in [5, 5.41) is 11.9. The van der Waals surface area contributed by atoms with Crippen LogP contribution < -0.4 is 5.32 Å². The Morgan fingerprint density at radius 2 is 2.00 bits per heavy atom. The molecule has 7 heteroatoms. The van der Waals surface area contributed by atoms with Gasteiger partial charge in [-0.25, -0.2) is 0 Å². The first kappa shape index (κ1) is 19.4. The molecule has 0 radical (unpaired) electrons. The Hall–Kier alpha value is -1.60. The van der Waals surface area contributed by atoms with Crippen LogP contribution in [-0.4, -0.2) is 48.3 Å². The number of carbonyl (C=O) groups excluding carboxylic acids is 1. The van der Waals surface area contributed by atoms with Crippen molar-refractivity contribution in [2.75, 3.05) is 20.1 Å². The lowest BCUT2D eigenvalue weighted by Gasteiger charge is -2.22. The molecule has 1 aromatic rings. The van der Waals surface area contributed by atoms with Crippen molar-refractivity contribution in [1.29, 1.82) is 0 Å². The molecular weight excluding hydrogens is 309 g/mol. The number of likely N-dealkylation sites (N-methyl/N-ethyl adjacent to an activating group) is 1. The first-order valence-electron chi connectivity index (χ1n) is 7.40. The van der Waals surface area contributed by atoms with E-state index in [2.05, 4.69) is 5.32 Å². The number of hydrogen-bond acceptors (Lipinski definition) is 3. The molecule has 1 rings (SSSR count). The highest BCUT2D eigenvalue weighted by atomic mass is 19.4. The van der Waals surface area contributed by atoms with Crippen molar-refractivity contribution >= 4 is 5.91 Å². The maximum Gasteiger partial charge on any atom is 0.415 e. The molecule has 0 spiro atoms. The van der Waals surface area contributed by atoms with Gasteiger partial charge >= 0.3 is 6.18 Å². The Labute approximate surface area is 134 Å². The topological polar surface area (TPSA) is 52.6 Å². The number of benzene rings is 1. The van der Waals surface area contributed by atoms with Gasteiger partial charge < -0.3 is 10.4 Å². The predicted molar refractivity (Wildman–Crippen MR) is 82.0 cm³/mol. The molecule has 0 heterocycles. The van der Waals surface area contributed by atoms with Gasteiger partial charge in [0.15, 0.2) is 6.10 Å². The zero-order chi connectivity index (χ0) is 17.6. The number of alkyl halides is 3. The highest BCUT2D eigenvalue weighted by molar-refractivity contribution is 5.94. The van der Waals surface area contributed by atoms with Gasteiger partial charge in [0.1, 0.15) is 0 Å². The SMILES string of the molecule is CC(C)CNC(=O)c1cccc(CN(C)CC(O)C(F)(F)F)c1. The third kappa shape index (κ3) is 7.00. The number of amides is 1. The quantitative estimate of drug-likeness (QED) is 0.806. The minimum absolute atomic E-state index is 0.207. The molecule has 0 aliphatic carbocycles. The third-order valence-corrected chi connectivity index (χ3v) is 3.17. The minimum atomic E-state index is -4.63. The number of aliphatic hydroxyl groups excluding tert-OH is 1. The molecular formula is C16H23F3N2O2. The number of nitrogens with zero attached hydrogens (tertiary/aromatic N) is 1. The van der Waals surface area contributed by atoms with Crippen LogP contribution in [0.1, 0.15) is 29.8 Å². The summed E-state index contributed by atoms with van der Waals surface area (Å²) in [6.45, 7) is 4.21. The fraction of sp³-hybridized carbons (Fsp3) is 0.562. The second-order valence-electron chi connectivity index (χ2n) is 6.06.